The summed E-state index contributed by atoms with van der Waals surface area (Å²) in [5.41, 5.74) is 7.88. The number of cyclic esters (lactones) is 2. The van der Waals surface area contributed by atoms with Gasteiger partial charge < -0.3 is 41.0 Å². The molecule has 22 nitrogen and oxygen atoms in total. The highest BCUT2D eigenvalue weighted by Gasteiger charge is 2.46. The van der Waals surface area contributed by atoms with E-state index < -0.39 is 119 Å². The van der Waals surface area contributed by atoms with Crippen LogP contribution < -0.4 is 32.1 Å². The minimum absolute atomic E-state index is 0.0985. The van der Waals surface area contributed by atoms with Crippen molar-refractivity contribution in [3.05, 3.63) is 94.8 Å². The highest BCUT2D eigenvalue weighted by Crippen LogP contribution is 2.43. The molecule has 2 aromatic carbocycles. The topological polar surface area (TPSA) is 300 Å². The van der Waals surface area contributed by atoms with Crippen LogP contribution in [0.15, 0.2) is 66.7 Å². The van der Waals surface area contributed by atoms with E-state index in [9.17, 15) is 39.0 Å². The summed E-state index contributed by atoms with van der Waals surface area (Å²) in [6.45, 7) is 12.5. The summed E-state index contributed by atoms with van der Waals surface area (Å²) in [6.07, 6.45) is 7.01. The summed E-state index contributed by atoms with van der Waals surface area (Å²) in [6, 6.07) is 12.1. The number of aliphatic hydroxyl groups is 2. The zero-order valence-electron chi connectivity index (χ0n) is 51.3. The third kappa shape index (κ3) is 13.9. The van der Waals surface area contributed by atoms with E-state index in [0.29, 0.717) is 77.5 Å². The van der Waals surface area contributed by atoms with Gasteiger partial charge in [0, 0.05) is 29.8 Å². The number of nitrogens with one attached hydrogen (secondary N) is 6. The van der Waals surface area contributed by atoms with Gasteiger partial charge in [0.05, 0.1) is 57.5 Å². The molecule has 6 heterocycles. The summed E-state index contributed by atoms with van der Waals surface area (Å²) in [5, 5.41) is 37.6. The zero-order valence-corrected chi connectivity index (χ0v) is 51.3. The minimum atomic E-state index is -1.50. The Morgan fingerprint density at radius 2 is 1.00 bits per heavy atom. The molecular weight excluding hydrogens is 1120 g/mol. The first-order valence-corrected chi connectivity index (χ1v) is 31.4. The van der Waals surface area contributed by atoms with Gasteiger partial charge >= 0.3 is 11.9 Å². The number of nitrogens with zero attached hydrogens (tertiary/aromatic N) is 4. The Bertz CT molecular complexity index is 3410. The molecule has 10 bridgehead atoms. The molecule has 4 aromatic rings. The van der Waals surface area contributed by atoms with Gasteiger partial charge in [0.2, 0.25) is 11.8 Å². The SMILES string of the molecule is CC1NC(=O)C(C(C)Cc2cc3cc4nc(ccc24)[C@@H](C)NC(=O)[C@@H]2CCCN(N2)C(=O)[C@H](C)NC(=O)[C@H](C(C)C)OC(=O)[C@]2(/C=C/3)CC[C@@H](O)CC2)OC(=O)C2(/C=C/c3ccc4ccc(nc4c3)C(C)NC(=O)C3CCCN(N3)C1=O)CCC(O)CC2. The molecule has 4 fully saturated rings. The van der Waals surface area contributed by atoms with Crippen molar-refractivity contribution < 1.29 is 58.0 Å². The molecule has 0 radical (unpaired) electrons. The van der Waals surface area contributed by atoms with Gasteiger partial charge in [-0.25, -0.2) is 10.9 Å². The second-order valence-electron chi connectivity index (χ2n) is 25.7. The van der Waals surface area contributed by atoms with Gasteiger partial charge in [0.15, 0.2) is 12.2 Å². The van der Waals surface area contributed by atoms with Gasteiger partial charge in [-0.2, -0.15) is 0 Å². The average molecular weight is 1210 g/mol. The Labute approximate surface area is 512 Å². The first-order chi connectivity index (χ1) is 42.0. The summed E-state index contributed by atoms with van der Waals surface area (Å²) in [5.74, 6) is -5.70. The molecule has 2 saturated heterocycles. The molecule has 8 N–H and O–H groups in total. The predicted molar refractivity (Wildman–Crippen MR) is 327 cm³/mol. The average Bonchev–Trinajstić information content (AvgIpc) is 1.57. The molecule has 2 spiro atoms. The quantitative estimate of drug-likeness (QED) is 0.119. The molecule has 470 valence electrons. The van der Waals surface area contributed by atoms with E-state index in [2.05, 4.69) is 32.1 Å². The van der Waals surface area contributed by atoms with Crippen LogP contribution in [0.1, 0.15) is 166 Å². The van der Waals surface area contributed by atoms with Gasteiger partial charge in [-0.15, -0.1) is 0 Å². The van der Waals surface area contributed by atoms with E-state index in [1.807, 2.05) is 61.5 Å². The first-order valence-electron chi connectivity index (χ1n) is 31.4. The van der Waals surface area contributed by atoms with Crippen molar-refractivity contribution in [2.45, 2.75) is 193 Å². The number of aliphatic hydroxyl groups excluding tert-OH is 2. The van der Waals surface area contributed by atoms with E-state index in [-0.39, 0.29) is 69.8 Å². The van der Waals surface area contributed by atoms with E-state index in [0.717, 1.165) is 10.9 Å². The van der Waals surface area contributed by atoms with E-state index in [1.165, 1.54) is 23.9 Å². The summed E-state index contributed by atoms with van der Waals surface area (Å²) >= 11 is 0. The van der Waals surface area contributed by atoms with Crippen LogP contribution in [0, 0.1) is 22.7 Å². The molecule has 88 heavy (non-hydrogen) atoms. The minimum Gasteiger partial charge on any atom is -0.451 e. The standard InChI is InChI=1S/C66H84N10O12/c1-36(2)55-59(81)69-40(6)61(83)75-30-8-11-52(73-75)58(80)68-39(5)50-17-15-48-45(33-43(35-54(48)72-50)19-25-66(63(85)87-55)28-22-47(78)23-29-66)32-37(3)56-60(82)70-41(7)62(84)76-31-9-10-51(74-76)57(79)67-38(4)49-16-14-44-13-12-42(34-53(44)71-49)18-24-65(64(86)88-56)26-20-46(77)21-27-65/h12-19,24-25,33-41,46-47,51-52,55-56,73-74,77-78H,8-11,20-23,26-32H2,1-7H3,(H,67,79)(H,68,80)(H,69,81)(H,70,82)/b24-18+,25-19+/t37?,38?,39-,40+,41?,46?,47-,51?,52+,55+,56?,65?,66-/m1/s1. The second kappa shape index (κ2) is 26.6. The monoisotopic (exact) mass is 1210 g/mol. The number of pyridine rings is 2. The van der Waals surface area contributed by atoms with Crippen LogP contribution in [0.2, 0.25) is 0 Å². The molecule has 6 amide bonds. The highest BCUT2D eigenvalue weighted by atomic mass is 16.6. The van der Waals surface area contributed by atoms with Crippen molar-refractivity contribution in [3.63, 3.8) is 0 Å². The zero-order chi connectivity index (χ0) is 62.8. The molecule has 5 unspecified atom stereocenters. The van der Waals surface area contributed by atoms with Crippen LogP contribution in [0.4, 0.5) is 0 Å². The summed E-state index contributed by atoms with van der Waals surface area (Å²) in [7, 11) is 0. The third-order valence-corrected chi connectivity index (χ3v) is 18.6. The van der Waals surface area contributed by atoms with Gasteiger partial charge in [-0.3, -0.25) is 58.3 Å². The lowest BCUT2D eigenvalue weighted by atomic mass is 9.72. The number of hydrogen-bond acceptors (Lipinski definition) is 16. The van der Waals surface area contributed by atoms with Gasteiger partial charge in [0.25, 0.3) is 23.6 Å². The number of esters is 2. The molecule has 9 atom stereocenters. The van der Waals surface area contributed by atoms with Crippen LogP contribution in [-0.4, -0.2) is 139 Å². The lowest BCUT2D eigenvalue weighted by molar-refractivity contribution is -0.169. The van der Waals surface area contributed by atoms with E-state index >= 15 is 9.59 Å². The van der Waals surface area contributed by atoms with Crippen molar-refractivity contribution in [2.24, 2.45) is 22.7 Å². The van der Waals surface area contributed by atoms with Crippen LogP contribution >= 0.6 is 0 Å². The molecule has 6 aliphatic rings. The Morgan fingerprint density at radius 3 is 1.53 bits per heavy atom. The lowest BCUT2D eigenvalue weighted by Crippen LogP contribution is -2.61. The maximum absolute atomic E-state index is 15.3. The predicted octanol–water partition coefficient (Wildman–Crippen LogP) is 5.39. The first kappa shape index (κ1) is 63.4. The van der Waals surface area contributed by atoms with Crippen molar-refractivity contribution in [2.75, 3.05) is 13.1 Å². The number of amides is 6. The van der Waals surface area contributed by atoms with Crippen LogP contribution in [0.3, 0.4) is 0 Å². The Balaban J connectivity index is 1.04. The van der Waals surface area contributed by atoms with E-state index in [1.54, 1.807) is 52.0 Å². The number of hydrogen-bond donors (Lipinski definition) is 8. The number of rotatable bonds is 4. The molecule has 2 aromatic heterocycles. The number of hydrazine groups is 2. The Morgan fingerprint density at radius 1 is 0.545 bits per heavy atom. The summed E-state index contributed by atoms with van der Waals surface area (Å²) in [4.78, 5) is 125. The van der Waals surface area contributed by atoms with Gasteiger partial charge in [0.1, 0.15) is 24.2 Å². The van der Waals surface area contributed by atoms with Gasteiger partial charge in [-0.05, 0) is 158 Å². The van der Waals surface area contributed by atoms with Crippen molar-refractivity contribution in [1.82, 2.24) is 52.1 Å². The lowest BCUT2D eigenvalue weighted by Gasteiger charge is -2.37. The molecular formula is C66H84N10O12. The number of aromatic nitrogens is 2. The van der Waals surface area contributed by atoms with Crippen molar-refractivity contribution in [1.29, 1.82) is 0 Å². The highest BCUT2D eigenvalue weighted by molar-refractivity contribution is 5.94. The second-order valence-corrected chi connectivity index (χ2v) is 25.7. The fourth-order valence-corrected chi connectivity index (χ4v) is 13.0. The maximum atomic E-state index is 15.3. The molecule has 2 aliphatic carbocycles. The number of benzene rings is 2. The third-order valence-electron chi connectivity index (χ3n) is 18.6. The summed E-state index contributed by atoms with van der Waals surface area (Å²) < 4.78 is 12.7. The molecule has 22 heteroatoms. The smallest absolute Gasteiger partial charge is 0.316 e. The molecule has 4 aliphatic heterocycles. The van der Waals surface area contributed by atoms with Crippen molar-refractivity contribution in [3.8, 4) is 0 Å². The van der Waals surface area contributed by atoms with Crippen LogP contribution in [0.25, 0.3) is 34.0 Å². The Hall–Kier alpha value is -7.66. The van der Waals surface area contributed by atoms with Crippen molar-refractivity contribution >= 4 is 81.3 Å². The normalized spacial score (nSPS) is 32.0. The molecule has 2 saturated carbocycles. The van der Waals surface area contributed by atoms with Crippen LogP contribution in [-0.2, 0) is 54.3 Å². The van der Waals surface area contributed by atoms with E-state index in [4.69, 9.17) is 19.4 Å². The Kier molecular flexibility index (Phi) is 19.1. The van der Waals surface area contributed by atoms with Crippen LogP contribution in [0.5, 0.6) is 0 Å². The number of carbonyl (C=O) groups is 8. The molecule has 10 rings (SSSR count). The van der Waals surface area contributed by atoms with Gasteiger partial charge in [-0.1, -0.05) is 75.4 Å². The fourth-order valence-electron chi connectivity index (χ4n) is 13.0. The largest absolute Gasteiger partial charge is 0.451 e. The number of fused-ring (bicyclic) bond motifs is 8. The number of carbonyl (C=O) groups excluding carboxylic acids is 8. The fraction of sp³-hybridized carbons (Fsp3) is 0.545. The maximum Gasteiger partial charge on any atom is 0.316 e. The number of ether oxygens (including phenoxy) is 2.